The van der Waals surface area contributed by atoms with E-state index in [1.807, 2.05) is 17.9 Å². The van der Waals surface area contributed by atoms with Crippen LogP contribution in [-0.2, 0) is 6.54 Å². The van der Waals surface area contributed by atoms with Crippen LogP contribution in [-0.4, -0.2) is 61.8 Å². The maximum absolute atomic E-state index is 11.8. The molecular formula is C16H22BrN3O3. The molecule has 0 atom stereocenters. The van der Waals surface area contributed by atoms with Crippen LogP contribution in [0.3, 0.4) is 0 Å². The smallest absolute Gasteiger partial charge is 0.317 e. The van der Waals surface area contributed by atoms with Crippen molar-refractivity contribution < 1.29 is 14.3 Å². The van der Waals surface area contributed by atoms with E-state index in [4.69, 9.17) is 9.47 Å². The van der Waals surface area contributed by atoms with Gasteiger partial charge < -0.3 is 19.7 Å². The molecule has 0 aliphatic carbocycles. The second kappa shape index (κ2) is 7.40. The van der Waals surface area contributed by atoms with Gasteiger partial charge in [0.1, 0.15) is 13.2 Å². The Labute approximate surface area is 144 Å². The molecule has 0 unspecified atom stereocenters. The number of nitrogens with one attached hydrogen (secondary N) is 1. The van der Waals surface area contributed by atoms with E-state index in [1.54, 1.807) is 0 Å². The molecule has 23 heavy (non-hydrogen) atoms. The molecule has 0 saturated carbocycles. The molecule has 1 saturated heterocycles. The summed E-state index contributed by atoms with van der Waals surface area (Å²) in [4.78, 5) is 16.1. The van der Waals surface area contributed by atoms with Crippen LogP contribution in [0.5, 0.6) is 11.5 Å². The molecule has 1 N–H and O–H groups in total. The number of hydrogen-bond acceptors (Lipinski definition) is 4. The number of rotatable bonds is 3. The Bertz CT molecular complexity index is 574. The highest BCUT2D eigenvalue weighted by Gasteiger charge is 2.22. The number of halogens is 1. The lowest BCUT2D eigenvalue weighted by Gasteiger charge is -2.35. The summed E-state index contributed by atoms with van der Waals surface area (Å²) in [6.45, 7) is 7.90. The Balaban J connectivity index is 1.59. The lowest BCUT2D eigenvalue weighted by atomic mass is 10.1. The van der Waals surface area contributed by atoms with Gasteiger partial charge in [-0.25, -0.2) is 4.79 Å². The first-order valence-electron chi connectivity index (χ1n) is 8.00. The van der Waals surface area contributed by atoms with Crippen LogP contribution in [0.2, 0.25) is 0 Å². The fourth-order valence-electron chi connectivity index (χ4n) is 2.84. The Morgan fingerprint density at radius 2 is 1.83 bits per heavy atom. The zero-order valence-corrected chi connectivity index (χ0v) is 14.9. The van der Waals surface area contributed by atoms with Crippen molar-refractivity contribution in [1.82, 2.24) is 15.1 Å². The van der Waals surface area contributed by atoms with Crippen molar-refractivity contribution in [3.05, 3.63) is 22.2 Å². The highest BCUT2D eigenvalue weighted by molar-refractivity contribution is 9.10. The fraction of sp³-hybridized carbons (Fsp3) is 0.562. The van der Waals surface area contributed by atoms with Gasteiger partial charge in [-0.3, -0.25) is 4.90 Å². The van der Waals surface area contributed by atoms with E-state index >= 15 is 0 Å². The summed E-state index contributed by atoms with van der Waals surface area (Å²) >= 11 is 3.62. The minimum atomic E-state index is 0.0349. The molecule has 2 aliphatic heterocycles. The largest absolute Gasteiger partial charge is 0.486 e. The zero-order valence-electron chi connectivity index (χ0n) is 13.3. The molecule has 0 aromatic heterocycles. The van der Waals surface area contributed by atoms with Crippen molar-refractivity contribution in [2.45, 2.75) is 13.5 Å². The van der Waals surface area contributed by atoms with E-state index in [-0.39, 0.29) is 6.03 Å². The summed E-state index contributed by atoms with van der Waals surface area (Å²) in [6.07, 6.45) is 0. The van der Waals surface area contributed by atoms with Crippen molar-refractivity contribution >= 4 is 22.0 Å². The third-order valence-corrected chi connectivity index (χ3v) is 4.83. The molecule has 7 heteroatoms. The second-order valence-corrected chi connectivity index (χ2v) is 6.54. The van der Waals surface area contributed by atoms with Crippen molar-refractivity contribution in [3.8, 4) is 11.5 Å². The zero-order chi connectivity index (χ0) is 16.2. The molecule has 1 aromatic rings. The average Bonchev–Trinajstić information content (AvgIpc) is 2.56. The molecule has 126 valence electrons. The number of fused-ring (bicyclic) bond motifs is 1. The van der Waals surface area contributed by atoms with Crippen LogP contribution in [0.1, 0.15) is 12.5 Å². The average molecular weight is 384 g/mol. The summed E-state index contributed by atoms with van der Waals surface area (Å²) in [6, 6.07) is 4.07. The van der Waals surface area contributed by atoms with Gasteiger partial charge in [0.2, 0.25) is 0 Å². The summed E-state index contributed by atoms with van der Waals surface area (Å²) in [5, 5.41) is 2.85. The van der Waals surface area contributed by atoms with Crippen LogP contribution >= 0.6 is 15.9 Å². The number of carbonyl (C=O) groups excluding carboxylic acids is 1. The van der Waals surface area contributed by atoms with Gasteiger partial charge in [-0.1, -0.05) is 15.9 Å². The number of ether oxygens (including phenoxy) is 2. The number of hydrogen-bond donors (Lipinski definition) is 1. The minimum absolute atomic E-state index is 0.0349. The fourth-order valence-corrected chi connectivity index (χ4v) is 3.29. The van der Waals surface area contributed by atoms with E-state index in [0.717, 1.165) is 48.7 Å². The number of benzene rings is 1. The molecule has 1 fully saturated rings. The monoisotopic (exact) mass is 383 g/mol. The predicted octanol–water partition coefficient (Wildman–Crippen LogP) is 2.07. The molecule has 1 aromatic carbocycles. The third kappa shape index (κ3) is 3.90. The Kier molecular flexibility index (Phi) is 5.27. The van der Waals surface area contributed by atoms with Crippen molar-refractivity contribution in [1.29, 1.82) is 0 Å². The quantitative estimate of drug-likeness (QED) is 0.867. The molecule has 3 rings (SSSR count). The highest BCUT2D eigenvalue weighted by atomic mass is 79.9. The van der Waals surface area contributed by atoms with Crippen LogP contribution in [0, 0.1) is 0 Å². The van der Waals surface area contributed by atoms with Crippen LogP contribution < -0.4 is 14.8 Å². The summed E-state index contributed by atoms with van der Waals surface area (Å²) in [5.74, 6) is 1.61. The summed E-state index contributed by atoms with van der Waals surface area (Å²) < 4.78 is 12.3. The minimum Gasteiger partial charge on any atom is -0.486 e. The first-order valence-corrected chi connectivity index (χ1v) is 8.80. The molecule has 0 radical (unpaired) electrons. The van der Waals surface area contributed by atoms with Gasteiger partial charge in [0.15, 0.2) is 11.5 Å². The molecule has 0 spiro atoms. The van der Waals surface area contributed by atoms with Gasteiger partial charge in [-0.2, -0.15) is 0 Å². The van der Waals surface area contributed by atoms with Crippen molar-refractivity contribution in [2.24, 2.45) is 0 Å². The summed E-state index contributed by atoms with van der Waals surface area (Å²) in [7, 11) is 0. The Morgan fingerprint density at radius 3 is 2.48 bits per heavy atom. The molecular weight excluding hydrogens is 362 g/mol. The molecule has 2 aliphatic rings. The van der Waals surface area contributed by atoms with E-state index in [9.17, 15) is 4.79 Å². The first kappa shape index (κ1) is 16.4. The number of carbonyl (C=O) groups is 1. The third-order valence-electron chi connectivity index (χ3n) is 4.09. The van der Waals surface area contributed by atoms with E-state index in [2.05, 4.69) is 32.2 Å². The Morgan fingerprint density at radius 1 is 1.17 bits per heavy atom. The highest BCUT2D eigenvalue weighted by Crippen LogP contribution is 2.36. The lowest BCUT2D eigenvalue weighted by Crippen LogP contribution is -2.51. The van der Waals surface area contributed by atoms with Crippen molar-refractivity contribution in [3.63, 3.8) is 0 Å². The summed E-state index contributed by atoms with van der Waals surface area (Å²) in [5.41, 5.74) is 1.18. The molecule has 2 heterocycles. The lowest BCUT2D eigenvalue weighted by molar-refractivity contribution is 0.135. The maximum atomic E-state index is 11.8. The van der Waals surface area contributed by atoms with Gasteiger partial charge in [-0.15, -0.1) is 0 Å². The first-order chi connectivity index (χ1) is 11.2. The van der Waals surface area contributed by atoms with E-state index in [1.165, 1.54) is 5.56 Å². The van der Waals surface area contributed by atoms with Gasteiger partial charge in [0.25, 0.3) is 0 Å². The van der Waals surface area contributed by atoms with E-state index in [0.29, 0.717) is 19.8 Å². The standard InChI is InChI=1S/C16H22BrN3O3/c1-2-18-16(21)20-5-3-19(4-6-20)11-12-9-14-15(10-13(12)17)23-8-7-22-14/h9-10H,2-8,11H2,1H3,(H,18,21). The van der Waals surface area contributed by atoms with Crippen molar-refractivity contribution in [2.75, 3.05) is 45.9 Å². The normalized spacial score (nSPS) is 17.9. The topological polar surface area (TPSA) is 54.0 Å². The molecule has 2 amide bonds. The van der Waals surface area contributed by atoms with E-state index < -0.39 is 0 Å². The van der Waals surface area contributed by atoms with Gasteiger partial charge in [0.05, 0.1) is 0 Å². The van der Waals surface area contributed by atoms with Crippen LogP contribution in [0.15, 0.2) is 16.6 Å². The van der Waals surface area contributed by atoms with Gasteiger partial charge >= 0.3 is 6.03 Å². The second-order valence-electron chi connectivity index (χ2n) is 5.69. The molecule has 6 nitrogen and oxygen atoms in total. The van der Waals surface area contributed by atoms with Gasteiger partial charge in [-0.05, 0) is 24.6 Å². The van der Waals surface area contributed by atoms with Crippen LogP contribution in [0.4, 0.5) is 4.79 Å². The van der Waals surface area contributed by atoms with Gasteiger partial charge in [0, 0.05) is 43.7 Å². The maximum Gasteiger partial charge on any atom is 0.317 e. The Hall–Kier alpha value is -1.47. The molecule has 0 bridgehead atoms. The number of piperazine rings is 1. The number of urea groups is 1. The SMILES string of the molecule is CCNC(=O)N1CCN(Cc2cc3c(cc2Br)OCCO3)CC1. The number of amides is 2. The number of nitrogens with zero attached hydrogens (tertiary/aromatic N) is 2. The van der Waals surface area contributed by atoms with Crippen LogP contribution in [0.25, 0.3) is 0 Å². The predicted molar refractivity (Wildman–Crippen MR) is 91.1 cm³/mol.